The summed E-state index contributed by atoms with van der Waals surface area (Å²) in [4.78, 5) is -1.80. The Kier molecular flexibility index (Phi) is 3.96. The van der Waals surface area contributed by atoms with Crippen molar-refractivity contribution in [2.24, 2.45) is 0 Å². The number of benzene rings is 2. The second-order valence-corrected chi connectivity index (χ2v) is 7.11. The summed E-state index contributed by atoms with van der Waals surface area (Å²) in [5, 5.41) is 0.311. The van der Waals surface area contributed by atoms with Crippen LogP contribution in [0.2, 0.25) is 0 Å². The minimum absolute atomic E-state index is 0.0434. The number of fused-ring (bicyclic) bond motifs is 1. The van der Waals surface area contributed by atoms with Gasteiger partial charge in [0.05, 0.1) is 0 Å². The molecule has 22 heavy (non-hydrogen) atoms. The number of rotatable bonds is 4. The Morgan fingerprint density at radius 3 is 1.64 bits per heavy atom. The van der Waals surface area contributed by atoms with Crippen LogP contribution in [0.25, 0.3) is 22.9 Å². The highest BCUT2D eigenvalue weighted by molar-refractivity contribution is 7.89. The third kappa shape index (κ3) is 2.57. The van der Waals surface area contributed by atoms with Crippen LogP contribution in [0.3, 0.4) is 0 Å². The highest BCUT2D eigenvalue weighted by Gasteiger charge is 2.31. The van der Waals surface area contributed by atoms with Crippen molar-refractivity contribution in [3.63, 3.8) is 0 Å². The standard InChI is InChI=1S/C14H12O6S2/c1-3-9-10(4-2)13(21(15,16)17)14(22(18,19)20)12-8-6-5-7-11(9)12/h3-8H,1-2H2,(H,15,16,17)(H,18,19,20). The van der Waals surface area contributed by atoms with Crippen LogP contribution >= 0.6 is 0 Å². The lowest BCUT2D eigenvalue weighted by molar-refractivity contribution is 0.467. The third-order valence-electron chi connectivity index (χ3n) is 3.13. The average Bonchev–Trinajstić information content (AvgIpc) is 2.42. The van der Waals surface area contributed by atoms with E-state index in [1.54, 1.807) is 12.1 Å². The topological polar surface area (TPSA) is 109 Å². The molecular formula is C14H12O6S2. The van der Waals surface area contributed by atoms with Crippen molar-refractivity contribution in [3.8, 4) is 0 Å². The molecule has 0 amide bonds. The van der Waals surface area contributed by atoms with E-state index in [0.717, 1.165) is 6.08 Å². The molecule has 0 bridgehead atoms. The molecule has 8 heteroatoms. The largest absolute Gasteiger partial charge is 0.296 e. The van der Waals surface area contributed by atoms with Crippen LogP contribution in [0.15, 0.2) is 47.2 Å². The van der Waals surface area contributed by atoms with Crippen molar-refractivity contribution in [2.75, 3.05) is 0 Å². The zero-order valence-electron chi connectivity index (χ0n) is 11.2. The van der Waals surface area contributed by atoms with Gasteiger partial charge in [-0.25, -0.2) is 0 Å². The van der Waals surface area contributed by atoms with Crippen LogP contribution in [0, 0.1) is 0 Å². The Morgan fingerprint density at radius 2 is 1.23 bits per heavy atom. The van der Waals surface area contributed by atoms with Gasteiger partial charge >= 0.3 is 0 Å². The van der Waals surface area contributed by atoms with Crippen LogP contribution in [0.5, 0.6) is 0 Å². The molecule has 0 unspecified atom stereocenters. The van der Waals surface area contributed by atoms with E-state index in [1.165, 1.54) is 18.2 Å². The molecule has 0 aliphatic rings. The van der Waals surface area contributed by atoms with Gasteiger partial charge in [-0.1, -0.05) is 49.6 Å². The zero-order valence-corrected chi connectivity index (χ0v) is 12.9. The van der Waals surface area contributed by atoms with E-state index < -0.39 is 30.0 Å². The maximum atomic E-state index is 11.7. The minimum Gasteiger partial charge on any atom is -0.282 e. The molecule has 0 atom stereocenters. The Morgan fingerprint density at radius 1 is 0.773 bits per heavy atom. The van der Waals surface area contributed by atoms with Gasteiger partial charge in [-0.15, -0.1) is 0 Å². The molecule has 0 aromatic heterocycles. The fraction of sp³-hybridized carbons (Fsp3) is 0. The summed E-state index contributed by atoms with van der Waals surface area (Å²) in [6.07, 6.45) is 2.41. The molecule has 2 rings (SSSR count). The van der Waals surface area contributed by atoms with Gasteiger partial charge in [-0.05, 0) is 10.9 Å². The fourth-order valence-electron chi connectivity index (χ4n) is 2.36. The van der Waals surface area contributed by atoms with Crippen LogP contribution in [-0.4, -0.2) is 25.9 Å². The molecule has 0 saturated carbocycles. The van der Waals surface area contributed by atoms with Gasteiger partial charge in [0, 0.05) is 10.9 Å². The van der Waals surface area contributed by atoms with Crippen LogP contribution in [0.4, 0.5) is 0 Å². The molecule has 6 nitrogen and oxygen atoms in total. The van der Waals surface area contributed by atoms with Gasteiger partial charge in [0.2, 0.25) is 0 Å². The van der Waals surface area contributed by atoms with Crippen molar-refractivity contribution in [2.45, 2.75) is 9.79 Å². The second-order valence-electron chi connectivity index (χ2n) is 4.39. The smallest absolute Gasteiger partial charge is 0.282 e. The zero-order chi connectivity index (χ0) is 16.7. The normalized spacial score (nSPS) is 12.3. The van der Waals surface area contributed by atoms with Crippen molar-refractivity contribution in [1.29, 1.82) is 0 Å². The van der Waals surface area contributed by atoms with Crippen LogP contribution < -0.4 is 0 Å². The molecule has 0 spiro atoms. The van der Waals surface area contributed by atoms with E-state index >= 15 is 0 Å². The molecule has 0 heterocycles. The van der Waals surface area contributed by atoms with Gasteiger partial charge in [0.1, 0.15) is 9.79 Å². The molecule has 0 fully saturated rings. The van der Waals surface area contributed by atoms with E-state index in [4.69, 9.17) is 0 Å². The van der Waals surface area contributed by atoms with Crippen molar-refractivity contribution >= 4 is 43.2 Å². The minimum atomic E-state index is -4.94. The van der Waals surface area contributed by atoms with Crippen molar-refractivity contribution in [1.82, 2.24) is 0 Å². The molecule has 0 aliphatic carbocycles. The Hall–Kier alpha value is -2.00. The summed E-state index contributed by atoms with van der Waals surface area (Å²) >= 11 is 0. The molecule has 0 radical (unpaired) electrons. The Balaban J connectivity index is 3.36. The molecule has 2 aromatic rings. The maximum Gasteiger partial charge on any atom is 0.296 e. The second kappa shape index (κ2) is 5.33. The predicted octanol–water partition coefficient (Wildman–Crippen LogP) is 2.62. The van der Waals surface area contributed by atoms with Crippen molar-refractivity contribution < 1.29 is 25.9 Å². The fourth-order valence-corrected chi connectivity index (χ4v) is 4.61. The van der Waals surface area contributed by atoms with Crippen LogP contribution in [0.1, 0.15) is 11.1 Å². The first kappa shape index (κ1) is 16.4. The summed E-state index contributed by atoms with van der Waals surface area (Å²) in [7, 11) is -9.86. The SMILES string of the molecule is C=Cc1c(S(=O)(=O)O)c(S(=O)(=O)O)c2ccccc2c1C=C. The van der Waals surface area contributed by atoms with Gasteiger partial charge in [-0.2, -0.15) is 16.8 Å². The lowest BCUT2D eigenvalue weighted by atomic mass is 9.98. The van der Waals surface area contributed by atoms with E-state index in [9.17, 15) is 25.9 Å². The average molecular weight is 340 g/mol. The maximum absolute atomic E-state index is 11.7. The molecule has 0 aliphatic heterocycles. The first-order chi connectivity index (χ1) is 10.1. The summed E-state index contributed by atoms with van der Waals surface area (Å²) in [5.74, 6) is 0. The van der Waals surface area contributed by atoms with E-state index in [-0.39, 0.29) is 16.5 Å². The van der Waals surface area contributed by atoms with Gasteiger partial charge < -0.3 is 0 Å². The lowest BCUT2D eigenvalue weighted by Gasteiger charge is -2.15. The van der Waals surface area contributed by atoms with E-state index in [2.05, 4.69) is 13.2 Å². The Bertz CT molecular complexity index is 1000. The predicted molar refractivity (Wildman–Crippen MR) is 83.8 cm³/mol. The first-order valence-corrected chi connectivity index (χ1v) is 8.79. The van der Waals surface area contributed by atoms with E-state index in [1.807, 2.05) is 0 Å². The van der Waals surface area contributed by atoms with Gasteiger partial charge in [-0.3, -0.25) is 9.11 Å². The molecule has 2 N–H and O–H groups in total. The molecule has 0 saturated heterocycles. The molecule has 116 valence electrons. The summed E-state index contributed by atoms with van der Waals surface area (Å²) in [5.41, 5.74) is 0.134. The monoisotopic (exact) mass is 340 g/mol. The number of hydrogen-bond donors (Lipinski definition) is 2. The number of hydrogen-bond acceptors (Lipinski definition) is 4. The van der Waals surface area contributed by atoms with E-state index in [0.29, 0.717) is 5.39 Å². The van der Waals surface area contributed by atoms with Crippen LogP contribution in [-0.2, 0) is 20.2 Å². The highest BCUT2D eigenvalue weighted by atomic mass is 32.2. The van der Waals surface area contributed by atoms with Crippen molar-refractivity contribution in [3.05, 3.63) is 48.6 Å². The quantitative estimate of drug-likeness (QED) is 0.828. The summed E-state index contributed by atoms with van der Waals surface area (Å²) < 4.78 is 65.7. The summed E-state index contributed by atoms with van der Waals surface area (Å²) in [6, 6.07) is 5.96. The lowest BCUT2D eigenvalue weighted by Crippen LogP contribution is -2.12. The third-order valence-corrected chi connectivity index (χ3v) is 5.14. The first-order valence-electron chi connectivity index (χ1n) is 5.91. The van der Waals surface area contributed by atoms with Gasteiger partial charge in [0.25, 0.3) is 20.2 Å². The molecule has 2 aromatic carbocycles. The molecular weight excluding hydrogens is 328 g/mol. The highest BCUT2D eigenvalue weighted by Crippen LogP contribution is 2.37. The van der Waals surface area contributed by atoms with Gasteiger partial charge in [0.15, 0.2) is 0 Å². The summed E-state index contributed by atoms with van der Waals surface area (Å²) in [6.45, 7) is 7.01. The Labute approximate surface area is 127 Å².